The molecule has 0 aromatic carbocycles. The minimum atomic E-state index is -1.00. The number of carbonyl (C=O) groups excluding carboxylic acids is 3. The van der Waals surface area contributed by atoms with Crippen LogP contribution in [0.5, 0.6) is 0 Å². The number of hydrogen-bond acceptors (Lipinski definition) is 7. The van der Waals surface area contributed by atoms with Crippen molar-refractivity contribution in [3.8, 4) is 0 Å². The molecule has 1 amide bonds. The lowest BCUT2D eigenvalue weighted by Gasteiger charge is -2.22. The number of nitrogens with one attached hydrogen (secondary N) is 1. The fraction of sp³-hybridized carbons (Fsp3) is 0.647. The highest BCUT2D eigenvalue weighted by atomic mass is 16.6. The van der Waals surface area contributed by atoms with E-state index in [2.05, 4.69) is 10.3 Å². The Morgan fingerprint density at radius 3 is 2.19 bits per heavy atom. The molecule has 146 valence electrons. The Bertz CT molecular complexity index is 654. The molecule has 0 aliphatic carbocycles. The van der Waals surface area contributed by atoms with Crippen LogP contribution >= 0.6 is 0 Å². The van der Waals surface area contributed by atoms with Crippen LogP contribution in [0.1, 0.15) is 47.2 Å². The number of alkyl carbamates (subject to hydrolysis) is 1. The maximum Gasteiger partial charge on any atom is 0.419 e. The highest BCUT2D eigenvalue weighted by molar-refractivity contribution is 5.81. The molecule has 0 saturated heterocycles. The van der Waals surface area contributed by atoms with Gasteiger partial charge in [0.15, 0.2) is 0 Å². The van der Waals surface area contributed by atoms with E-state index in [1.165, 1.54) is 24.2 Å². The second kappa shape index (κ2) is 8.20. The van der Waals surface area contributed by atoms with Gasteiger partial charge in [-0.3, -0.25) is 0 Å². The number of amides is 1. The highest BCUT2D eigenvalue weighted by Crippen LogP contribution is 2.11. The van der Waals surface area contributed by atoms with E-state index in [9.17, 15) is 14.4 Å². The number of carbonyl (C=O) groups is 3. The Labute approximate surface area is 153 Å². The molecule has 9 heteroatoms. The number of esters is 1. The molecule has 0 aliphatic heterocycles. The molecule has 0 aliphatic rings. The van der Waals surface area contributed by atoms with E-state index < -0.39 is 35.4 Å². The van der Waals surface area contributed by atoms with Crippen LogP contribution in [0.4, 0.5) is 9.59 Å². The summed E-state index contributed by atoms with van der Waals surface area (Å²) in [7, 11) is 1.21. The van der Waals surface area contributed by atoms with Gasteiger partial charge < -0.3 is 19.5 Å². The molecule has 1 heterocycles. The van der Waals surface area contributed by atoms with Crippen LogP contribution in [-0.4, -0.2) is 52.1 Å². The van der Waals surface area contributed by atoms with E-state index in [1.807, 2.05) is 0 Å². The first-order valence-corrected chi connectivity index (χ1v) is 8.14. The lowest BCUT2D eigenvalue weighted by Crippen LogP contribution is -2.45. The van der Waals surface area contributed by atoms with E-state index in [0.29, 0.717) is 5.69 Å². The third-order valence-electron chi connectivity index (χ3n) is 2.83. The van der Waals surface area contributed by atoms with Gasteiger partial charge in [-0.05, 0) is 41.5 Å². The van der Waals surface area contributed by atoms with Gasteiger partial charge in [0.1, 0.15) is 23.6 Å². The minimum absolute atomic E-state index is 0.0295. The lowest BCUT2D eigenvalue weighted by atomic mass is 10.1. The fourth-order valence-corrected chi connectivity index (χ4v) is 1.88. The van der Waals surface area contributed by atoms with Gasteiger partial charge in [-0.2, -0.15) is 0 Å². The van der Waals surface area contributed by atoms with Crippen molar-refractivity contribution >= 4 is 18.2 Å². The summed E-state index contributed by atoms with van der Waals surface area (Å²) in [4.78, 5) is 39.9. The summed E-state index contributed by atoms with van der Waals surface area (Å²) in [5, 5.41) is 2.45. The Kier molecular flexibility index (Phi) is 6.77. The fourth-order valence-electron chi connectivity index (χ4n) is 1.88. The Morgan fingerprint density at radius 2 is 1.69 bits per heavy atom. The van der Waals surface area contributed by atoms with E-state index in [4.69, 9.17) is 14.2 Å². The van der Waals surface area contributed by atoms with Crippen molar-refractivity contribution in [2.24, 2.45) is 0 Å². The summed E-state index contributed by atoms with van der Waals surface area (Å²) >= 11 is 0. The molecule has 0 fully saturated rings. The van der Waals surface area contributed by atoms with Crippen molar-refractivity contribution in [2.75, 3.05) is 7.11 Å². The average molecular weight is 369 g/mol. The molecule has 9 nitrogen and oxygen atoms in total. The number of aromatic nitrogens is 2. The SMILES string of the molecule is COC(=O)[C@@H](Cc1cn(C(=O)OC(C)(C)C)cn1)NC(=O)OC(C)(C)C. The van der Waals surface area contributed by atoms with Gasteiger partial charge in [0, 0.05) is 12.6 Å². The van der Waals surface area contributed by atoms with Crippen LogP contribution in [0.15, 0.2) is 12.5 Å². The average Bonchev–Trinajstić information content (AvgIpc) is 2.90. The predicted octanol–water partition coefficient (Wildman–Crippen LogP) is 2.28. The zero-order valence-corrected chi connectivity index (χ0v) is 16.3. The van der Waals surface area contributed by atoms with Gasteiger partial charge in [0.05, 0.1) is 12.8 Å². The first-order chi connectivity index (χ1) is 11.8. The normalized spacial score (nSPS) is 12.9. The summed E-state index contributed by atoms with van der Waals surface area (Å²) in [5.74, 6) is -0.650. The molecule has 1 N–H and O–H groups in total. The quantitative estimate of drug-likeness (QED) is 0.640. The molecule has 0 spiro atoms. The standard InChI is InChI=1S/C17H27N3O6/c1-16(2,3)25-14(22)19-12(13(21)24-7)8-11-9-20(10-18-11)15(23)26-17(4,5)6/h9-10,12H,8H2,1-7H3,(H,19,22)/t12-/m1/s1. The zero-order chi connectivity index (χ0) is 20.1. The molecule has 1 rings (SSSR count). The summed E-state index contributed by atoms with van der Waals surface area (Å²) in [6, 6.07) is -1.00. The van der Waals surface area contributed by atoms with Crippen molar-refractivity contribution in [1.29, 1.82) is 0 Å². The van der Waals surface area contributed by atoms with Gasteiger partial charge in [0.25, 0.3) is 0 Å². The second-order valence-corrected chi connectivity index (χ2v) is 7.68. The molecule has 1 atom stereocenters. The largest absolute Gasteiger partial charge is 0.467 e. The molecule has 1 aromatic rings. The van der Waals surface area contributed by atoms with Crippen LogP contribution in [0.3, 0.4) is 0 Å². The maximum absolute atomic E-state index is 12.0. The molecular weight excluding hydrogens is 342 g/mol. The van der Waals surface area contributed by atoms with Gasteiger partial charge in [-0.1, -0.05) is 0 Å². The smallest absolute Gasteiger partial charge is 0.419 e. The number of ether oxygens (including phenoxy) is 3. The number of rotatable bonds is 4. The second-order valence-electron chi connectivity index (χ2n) is 7.68. The van der Waals surface area contributed by atoms with E-state index >= 15 is 0 Å². The Balaban J connectivity index is 2.82. The maximum atomic E-state index is 12.0. The predicted molar refractivity (Wildman–Crippen MR) is 92.7 cm³/mol. The zero-order valence-electron chi connectivity index (χ0n) is 16.3. The molecular formula is C17H27N3O6. The van der Waals surface area contributed by atoms with Crippen LogP contribution in [0, 0.1) is 0 Å². The number of imidazole rings is 1. The van der Waals surface area contributed by atoms with Crippen molar-refractivity contribution < 1.29 is 28.6 Å². The number of methoxy groups -OCH3 is 1. The third-order valence-corrected chi connectivity index (χ3v) is 2.83. The minimum Gasteiger partial charge on any atom is -0.467 e. The van der Waals surface area contributed by atoms with Crippen LogP contribution in [-0.2, 0) is 25.4 Å². The summed E-state index contributed by atoms with van der Waals surface area (Å²) in [5.41, 5.74) is -0.945. The van der Waals surface area contributed by atoms with Gasteiger partial charge in [0.2, 0.25) is 0 Å². The topological polar surface area (TPSA) is 109 Å². The molecule has 1 aromatic heterocycles. The first-order valence-electron chi connectivity index (χ1n) is 8.14. The number of nitrogens with zero attached hydrogens (tertiary/aromatic N) is 2. The van der Waals surface area contributed by atoms with Crippen LogP contribution < -0.4 is 5.32 Å². The first kappa shape index (κ1) is 21.5. The van der Waals surface area contributed by atoms with Crippen LogP contribution in [0.25, 0.3) is 0 Å². The number of hydrogen-bond donors (Lipinski definition) is 1. The van der Waals surface area contributed by atoms with E-state index in [-0.39, 0.29) is 6.42 Å². The van der Waals surface area contributed by atoms with E-state index in [1.54, 1.807) is 41.5 Å². The molecule has 0 unspecified atom stereocenters. The summed E-state index contributed by atoms with van der Waals surface area (Å²) < 4.78 is 16.2. The van der Waals surface area contributed by atoms with Gasteiger partial charge in [-0.25, -0.2) is 23.9 Å². The lowest BCUT2D eigenvalue weighted by molar-refractivity contribution is -0.143. The highest BCUT2D eigenvalue weighted by Gasteiger charge is 2.26. The third kappa shape index (κ3) is 7.54. The molecule has 26 heavy (non-hydrogen) atoms. The van der Waals surface area contributed by atoms with Crippen molar-refractivity contribution in [3.05, 3.63) is 18.2 Å². The van der Waals surface area contributed by atoms with Gasteiger partial charge >= 0.3 is 18.2 Å². The summed E-state index contributed by atoms with van der Waals surface area (Å²) in [6.45, 7) is 10.4. The van der Waals surface area contributed by atoms with Crippen molar-refractivity contribution in [2.45, 2.75) is 65.2 Å². The molecule has 0 saturated carbocycles. The monoisotopic (exact) mass is 369 g/mol. The van der Waals surface area contributed by atoms with E-state index in [0.717, 1.165) is 0 Å². The van der Waals surface area contributed by atoms with Gasteiger partial charge in [-0.15, -0.1) is 0 Å². The molecule has 0 radical (unpaired) electrons. The Morgan fingerprint density at radius 1 is 1.12 bits per heavy atom. The van der Waals surface area contributed by atoms with Crippen LogP contribution in [0.2, 0.25) is 0 Å². The van der Waals surface area contributed by atoms with Crippen molar-refractivity contribution in [1.82, 2.24) is 14.9 Å². The Hall–Kier alpha value is -2.58. The van der Waals surface area contributed by atoms with Crippen molar-refractivity contribution in [3.63, 3.8) is 0 Å². The summed E-state index contributed by atoms with van der Waals surface area (Å²) in [6.07, 6.45) is 1.40. The molecule has 0 bridgehead atoms.